The Morgan fingerprint density at radius 1 is 0.474 bits per heavy atom. The first-order valence-electron chi connectivity index (χ1n) is 15.2. The molecular formula is C38H26Cl4F7O8. The van der Waals surface area contributed by atoms with Crippen molar-refractivity contribution in [2.24, 2.45) is 0 Å². The molecule has 8 nitrogen and oxygen atoms in total. The van der Waals surface area contributed by atoms with Crippen molar-refractivity contribution in [3.63, 3.8) is 0 Å². The summed E-state index contributed by atoms with van der Waals surface area (Å²) in [5.41, 5.74) is 0. The molecule has 0 unspecified atom stereocenters. The van der Waals surface area contributed by atoms with E-state index in [9.17, 15) is 49.9 Å². The predicted octanol–water partition coefficient (Wildman–Crippen LogP) is 11.5. The highest BCUT2D eigenvalue weighted by Gasteiger charge is 2.16. The molecule has 0 saturated carbocycles. The molecule has 1 radical (unpaired) electrons. The topological polar surface area (TPSA) is 105 Å². The zero-order valence-electron chi connectivity index (χ0n) is 29.5. The molecule has 0 aromatic heterocycles. The number of esters is 4. The van der Waals surface area contributed by atoms with Gasteiger partial charge in [-0.2, -0.15) is 0 Å². The monoisotopic (exact) mass is 883 g/mol. The third-order valence-corrected chi connectivity index (χ3v) is 6.73. The fraction of sp³-hybridized carbons (Fsp3) is 0.105. The number of halogens is 11. The molecule has 5 aromatic carbocycles. The summed E-state index contributed by atoms with van der Waals surface area (Å²) in [6, 6.07) is 19.7. The summed E-state index contributed by atoms with van der Waals surface area (Å²) in [5.74, 6) is -8.89. The van der Waals surface area contributed by atoms with Crippen LogP contribution in [0.5, 0.6) is 23.0 Å². The fourth-order valence-electron chi connectivity index (χ4n) is 3.27. The van der Waals surface area contributed by atoms with E-state index in [-0.39, 0.29) is 26.6 Å². The molecular weight excluding hydrogens is 859 g/mol. The molecule has 0 spiro atoms. The maximum Gasteiger partial charge on any atom is 0.308 e. The standard InChI is InChI=1S/2C8H5ClF2O2.C8H6ClFO2.C8H7FO2.C6H3ClF/c1-4(12)13-8-6(11)3-2-5(10)7(8)9;1-4(12)13-8-6(10)3-2-5(9)7(8)11;1-5(11)12-8-6(9)3-2-4-7(8)10;1-6(10)11-8-4-2-7(9)3-5-8;7-5-3-1-2-4-6(5)8/h2*2-3H,1H3;2-4H,1H3;2-5H,1H3;2-4H. The van der Waals surface area contributed by atoms with E-state index in [0.717, 1.165) is 38.1 Å². The van der Waals surface area contributed by atoms with E-state index >= 15 is 0 Å². The smallest absolute Gasteiger partial charge is 0.308 e. The highest BCUT2D eigenvalue weighted by atomic mass is 35.5. The van der Waals surface area contributed by atoms with Gasteiger partial charge in [0, 0.05) is 27.7 Å². The van der Waals surface area contributed by atoms with Crippen LogP contribution in [0.2, 0.25) is 20.1 Å². The van der Waals surface area contributed by atoms with Gasteiger partial charge in [-0.25, -0.2) is 30.7 Å². The molecule has 57 heavy (non-hydrogen) atoms. The molecule has 0 atom stereocenters. The molecule has 0 saturated heterocycles. The van der Waals surface area contributed by atoms with Gasteiger partial charge in [-0.3, -0.25) is 19.2 Å². The second-order valence-corrected chi connectivity index (χ2v) is 11.7. The van der Waals surface area contributed by atoms with Crippen molar-refractivity contribution in [2.45, 2.75) is 27.7 Å². The number of benzene rings is 5. The fourth-order valence-corrected chi connectivity index (χ4v) is 3.94. The number of hydrogen-bond acceptors (Lipinski definition) is 8. The molecule has 303 valence electrons. The minimum Gasteiger partial charge on any atom is -0.427 e. The molecule has 0 bridgehead atoms. The van der Waals surface area contributed by atoms with E-state index in [0.29, 0.717) is 5.75 Å². The molecule has 0 amide bonds. The Hall–Kier alpha value is -5.35. The van der Waals surface area contributed by atoms with E-state index in [1.54, 1.807) is 0 Å². The van der Waals surface area contributed by atoms with Crippen LogP contribution in [0.25, 0.3) is 0 Å². The number of hydrogen-bond donors (Lipinski definition) is 0. The number of carbonyl (C=O) groups excluding carboxylic acids is 4. The molecule has 0 aliphatic rings. The van der Waals surface area contributed by atoms with Crippen molar-refractivity contribution in [3.8, 4) is 23.0 Å². The first-order chi connectivity index (χ1) is 26.6. The van der Waals surface area contributed by atoms with E-state index in [1.165, 1.54) is 74.5 Å². The summed E-state index contributed by atoms with van der Waals surface area (Å²) in [7, 11) is 0. The summed E-state index contributed by atoms with van der Waals surface area (Å²) in [6.07, 6.45) is 0. The second kappa shape index (κ2) is 25.0. The number of rotatable bonds is 4. The lowest BCUT2D eigenvalue weighted by Gasteiger charge is -2.04. The Morgan fingerprint density at radius 3 is 1.44 bits per heavy atom. The van der Waals surface area contributed by atoms with Crippen LogP contribution in [-0.4, -0.2) is 23.9 Å². The summed E-state index contributed by atoms with van der Waals surface area (Å²) in [5, 5.41) is -0.620. The van der Waals surface area contributed by atoms with Crippen LogP contribution in [0, 0.1) is 46.8 Å². The van der Waals surface area contributed by atoms with Crippen LogP contribution in [0.1, 0.15) is 27.7 Å². The average Bonchev–Trinajstić information content (AvgIpc) is 3.13. The Bertz CT molecular complexity index is 2050. The number of ether oxygens (including phenoxy) is 4. The van der Waals surface area contributed by atoms with Crippen molar-refractivity contribution >= 4 is 70.3 Å². The van der Waals surface area contributed by atoms with Crippen LogP contribution in [0.15, 0.2) is 84.9 Å². The van der Waals surface area contributed by atoms with Crippen LogP contribution < -0.4 is 18.9 Å². The third-order valence-electron chi connectivity index (χ3n) is 5.50. The molecule has 0 aliphatic heterocycles. The van der Waals surface area contributed by atoms with Crippen molar-refractivity contribution in [1.29, 1.82) is 0 Å². The quantitative estimate of drug-likeness (QED) is 0.0760. The summed E-state index contributed by atoms with van der Waals surface area (Å²) in [4.78, 5) is 41.7. The van der Waals surface area contributed by atoms with Crippen LogP contribution in [0.3, 0.4) is 0 Å². The Balaban J connectivity index is 0.000000359. The van der Waals surface area contributed by atoms with E-state index in [4.69, 9.17) is 46.4 Å². The van der Waals surface area contributed by atoms with E-state index in [1.807, 2.05) is 0 Å². The van der Waals surface area contributed by atoms with Gasteiger partial charge in [-0.05, 0) is 78.9 Å². The Kier molecular flexibility index (Phi) is 21.8. The SMILES string of the molecule is CC(=O)Oc1c(F)ccc(Cl)c1F.CC(=O)Oc1c(F)ccc(F)c1Cl.CC(=O)Oc1c(F)cccc1Cl.CC(=O)Oc1ccc(F)cc1.Fc1cc[c]cc1Cl. The Labute approximate surface area is 340 Å². The van der Waals surface area contributed by atoms with Crippen LogP contribution in [-0.2, 0) is 19.2 Å². The van der Waals surface area contributed by atoms with Gasteiger partial charge >= 0.3 is 23.9 Å². The van der Waals surface area contributed by atoms with Gasteiger partial charge in [0.25, 0.3) is 0 Å². The summed E-state index contributed by atoms with van der Waals surface area (Å²) < 4.78 is 107. The average molecular weight is 885 g/mol. The maximum atomic E-state index is 13.0. The van der Waals surface area contributed by atoms with Gasteiger partial charge in [-0.1, -0.05) is 58.5 Å². The summed E-state index contributed by atoms with van der Waals surface area (Å²) >= 11 is 21.5. The van der Waals surface area contributed by atoms with E-state index in [2.05, 4.69) is 25.0 Å². The molecule has 19 heteroatoms. The predicted molar refractivity (Wildman–Crippen MR) is 196 cm³/mol. The van der Waals surface area contributed by atoms with Crippen molar-refractivity contribution in [3.05, 3.63) is 152 Å². The van der Waals surface area contributed by atoms with Crippen molar-refractivity contribution in [1.82, 2.24) is 0 Å². The molecule has 5 aromatic rings. The Morgan fingerprint density at radius 2 is 0.947 bits per heavy atom. The van der Waals surface area contributed by atoms with E-state index < -0.39 is 75.3 Å². The molecule has 0 fully saturated rings. The van der Waals surface area contributed by atoms with Gasteiger partial charge in [0.05, 0.1) is 15.1 Å². The largest absolute Gasteiger partial charge is 0.427 e. The highest BCUT2D eigenvalue weighted by molar-refractivity contribution is 6.32. The minimum atomic E-state index is -1.07. The first-order valence-corrected chi connectivity index (χ1v) is 16.7. The zero-order valence-corrected chi connectivity index (χ0v) is 32.5. The molecule has 0 aliphatic carbocycles. The van der Waals surface area contributed by atoms with Gasteiger partial charge in [0.2, 0.25) is 5.75 Å². The number of para-hydroxylation sites is 1. The van der Waals surface area contributed by atoms with Gasteiger partial charge in [-0.15, -0.1) is 0 Å². The van der Waals surface area contributed by atoms with Crippen LogP contribution >= 0.6 is 46.4 Å². The lowest BCUT2D eigenvalue weighted by molar-refractivity contribution is -0.133. The van der Waals surface area contributed by atoms with Gasteiger partial charge in [0.15, 0.2) is 34.8 Å². The maximum absolute atomic E-state index is 13.0. The normalized spacial score (nSPS) is 9.60. The lowest BCUT2D eigenvalue weighted by atomic mass is 10.3. The highest BCUT2D eigenvalue weighted by Crippen LogP contribution is 2.31. The molecule has 0 heterocycles. The molecule has 0 N–H and O–H groups in total. The second-order valence-electron chi connectivity index (χ2n) is 10.1. The first kappa shape index (κ1) is 49.7. The third kappa shape index (κ3) is 18.9. The van der Waals surface area contributed by atoms with Crippen molar-refractivity contribution in [2.75, 3.05) is 0 Å². The molecule has 5 rings (SSSR count). The van der Waals surface area contributed by atoms with Gasteiger partial charge < -0.3 is 18.9 Å². The summed E-state index contributed by atoms with van der Waals surface area (Å²) in [6.45, 7) is 4.59. The van der Waals surface area contributed by atoms with Gasteiger partial charge in [0.1, 0.15) is 28.2 Å². The zero-order chi connectivity index (χ0) is 43.4. The lowest BCUT2D eigenvalue weighted by Crippen LogP contribution is -2.05. The van der Waals surface area contributed by atoms with Crippen molar-refractivity contribution < 1.29 is 68.9 Å². The number of carbonyl (C=O) groups is 4. The van der Waals surface area contributed by atoms with Crippen LogP contribution in [0.4, 0.5) is 30.7 Å². The minimum absolute atomic E-state index is 0.0881.